The van der Waals surface area contributed by atoms with Gasteiger partial charge in [0.25, 0.3) is 0 Å². The lowest BCUT2D eigenvalue weighted by Crippen LogP contribution is -2.52. The third-order valence-corrected chi connectivity index (χ3v) is 5.89. The van der Waals surface area contributed by atoms with Crippen molar-refractivity contribution in [1.82, 2.24) is 20.1 Å². The van der Waals surface area contributed by atoms with Gasteiger partial charge in [0, 0.05) is 54.9 Å². The van der Waals surface area contributed by atoms with Crippen molar-refractivity contribution in [1.29, 1.82) is 0 Å². The quantitative estimate of drug-likeness (QED) is 0.418. The summed E-state index contributed by atoms with van der Waals surface area (Å²) in [5, 5.41) is 4.10. The van der Waals surface area contributed by atoms with Crippen LogP contribution in [0.4, 0.5) is 4.79 Å². The smallest absolute Gasteiger partial charge is 0.318 e. The van der Waals surface area contributed by atoms with Gasteiger partial charge in [0.1, 0.15) is 12.3 Å². The lowest BCUT2D eigenvalue weighted by atomic mass is 10.1. The Balaban J connectivity index is 1.82. The van der Waals surface area contributed by atoms with E-state index in [0.717, 1.165) is 27.8 Å². The molecule has 2 N–H and O–H groups in total. The minimum absolute atomic E-state index is 0.0473. The molecular weight excluding hydrogens is 456 g/mol. The van der Waals surface area contributed by atoms with Crippen molar-refractivity contribution in [2.45, 2.75) is 39.3 Å². The summed E-state index contributed by atoms with van der Waals surface area (Å²) in [6, 6.07) is 15.5. The van der Waals surface area contributed by atoms with Gasteiger partial charge >= 0.3 is 6.03 Å². The number of hydrogen-bond acceptors (Lipinski definition) is 4. The van der Waals surface area contributed by atoms with Gasteiger partial charge in [-0.25, -0.2) is 4.79 Å². The molecule has 0 spiro atoms. The van der Waals surface area contributed by atoms with Crippen LogP contribution in [-0.2, 0) is 22.5 Å². The molecule has 8 nitrogen and oxygen atoms in total. The zero-order valence-corrected chi connectivity index (χ0v) is 22.0. The van der Waals surface area contributed by atoms with Crippen LogP contribution < -0.4 is 10.1 Å². The Hall–Kier alpha value is -3.52. The van der Waals surface area contributed by atoms with E-state index in [2.05, 4.69) is 16.4 Å². The largest absolute Gasteiger partial charge is 0.496 e. The van der Waals surface area contributed by atoms with Gasteiger partial charge in [-0.3, -0.25) is 4.79 Å². The molecule has 0 atom stereocenters. The summed E-state index contributed by atoms with van der Waals surface area (Å²) in [5.74, 6) is 0.588. The van der Waals surface area contributed by atoms with Gasteiger partial charge in [-0.15, -0.1) is 0 Å². The summed E-state index contributed by atoms with van der Waals surface area (Å²) in [6.45, 7) is 7.22. The number of aromatic nitrogens is 1. The van der Waals surface area contributed by atoms with Crippen molar-refractivity contribution in [2.24, 2.45) is 0 Å². The molecule has 0 aliphatic heterocycles. The highest BCUT2D eigenvalue weighted by atomic mass is 16.5. The number of aromatic amines is 1. The third kappa shape index (κ3) is 7.49. The second-order valence-electron chi connectivity index (χ2n) is 9.83. The summed E-state index contributed by atoms with van der Waals surface area (Å²) in [4.78, 5) is 33.2. The Morgan fingerprint density at radius 2 is 1.67 bits per heavy atom. The molecule has 3 aromatic rings. The van der Waals surface area contributed by atoms with Crippen LogP contribution in [0.1, 0.15) is 31.9 Å². The standard InChI is InChI=1S/C28H38N4O4/c1-28(2,3)30-27(34)32(16-17-35-4)20-26(33)31(19-22-10-6-9-13-25(22)36-5)15-14-21-18-29-24-12-8-7-11-23(21)24/h6-13,18,29H,14-17,19-20H2,1-5H3,(H,30,34). The SMILES string of the molecule is COCCN(CC(=O)N(CCc1c[nH]c2ccccc12)Cc1ccccc1OC)C(=O)NC(C)(C)C. The number of rotatable bonds is 11. The Morgan fingerprint density at radius 1 is 0.944 bits per heavy atom. The number of H-pyrrole nitrogens is 1. The number of nitrogens with zero attached hydrogens (tertiary/aromatic N) is 2. The molecule has 1 aromatic heterocycles. The molecule has 1 heterocycles. The van der Waals surface area contributed by atoms with Crippen LogP contribution in [0.25, 0.3) is 10.9 Å². The van der Waals surface area contributed by atoms with Crippen molar-refractivity contribution < 1.29 is 19.1 Å². The number of benzene rings is 2. The predicted molar refractivity (Wildman–Crippen MR) is 142 cm³/mol. The average Bonchev–Trinajstić information content (AvgIpc) is 3.26. The van der Waals surface area contributed by atoms with E-state index in [9.17, 15) is 9.59 Å². The molecule has 0 fully saturated rings. The Kier molecular flexibility index (Phi) is 9.36. The van der Waals surface area contributed by atoms with Gasteiger partial charge in [0.2, 0.25) is 5.91 Å². The summed E-state index contributed by atoms with van der Waals surface area (Å²) >= 11 is 0. The van der Waals surface area contributed by atoms with Crippen LogP contribution in [0.15, 0.2) is 54.7 Å². The molecule has 0 bridgehead atoms. The predicted octanol–water partition coefficient (Wildman–Crippen LogP) is 4.20. The van der Waals surface area contributed by atoms with Crippen LogP contribution in [0.3, 0.4) is 0 Å². The van der Waals surface area contributed by atoms with Gasteiger partial charge < -0.3 is 29.6 Å². The first kappa shape index (κ1) is 27.1. The number of nitrogens with one attached hydrogen (secondary N) is 2. The van der Waals surface area contributed by atoms with E-state index < -0.39 is 5.54 Å². The summed E-state index contributed by atoms with van der Waals surface area (Å²) in [5.41, 5.74) is 2.71. The number of ether oxygens (including phenoxy) is 2. The highest BCUT2D eigenvalue weighted by molar-refractivity contribution is 5.85. The Bertz CT molecular complexity index is 1150. The van der Waals surface area contributed by atoms with E-state index >= 15 is 0 Å². The van der Waals surface area contributed by atoms with Crippen molar-refractivity contribution in [3.8, 4) is 5.75 Å². The minimum Gasteiger partial charge on any atom is -0.496 e. The number of hydrogen-bond donors (Lipinski definition) is 2. The summed E-state index contributed by atoms with van der Waals surface area (Å²) in [7, 11) is 3.21. The molecule has 3 amide bonds. The van der Waals surface area contributed by atoms with E-state index in [1.54, 1.807) is 19.1 Å². The first-order valence-corrected chi connectivity index (χ1v) is 12.2. The van der Waals surface area contributed by atoms with Crippen molar-refractivity contribution >= 4 is 22.8 Å². The number of carbonyl (C=O) groups is 2. The fraction of sp³-hybridized carbons (Fsp3) is 0.429. The molecule has 194 valence electrons. The zero-order valence-electron chi connectivity index (χ0n) is 22.0. The maximum atomic E-state index is 13.6. The van der Waals surface area contributed by atoms with E-state index in [0.29, 0.717) is 32.7 Å². The molecule has 0 radical (unpaired) electrons. The van der Waals surface area contributed by atoms with E-state index in [4.69, 9.17) is 9.47 Å². The fourth-order valence-corrected chi connectivity index (χ4v) is 4.04. The monoisotopic (exact) mass is 494 g/mol. The highest BCUT2D eigenvalue weighted by Crippen LogP contribution is 2.22. The highest BCUT2D eigenvalue weighted by Gasteiger charge is 2.25. The van der Waals surface area contributed by atoms with Crippen molar-refractivity contribution in [2.75, 3.05) is 40.5 Å². The molecular formula is C28H38N4O4. The van der Waals surface area contributed by atoms with Gasteiger partial charge in [-0.1, -0.05) is 36.4 Å². The van der Waals surface area contributed by atoms with E-state index in [1.165, 1.54) is 4.90 Å². The van der Waals surface area contributed by atoms with Crippen LogP contribution in [0, 0.1) is 0 Å². The molecule has 8 heteroatoms. The Morgan fingerprint density at radius 3 is 2.39 bits per heavy atom. The zero-order chi connectivity index (χ0) is 26.1. The molecule has 0 unspecified atom stereocenters. The number of urea groups is 1. The molecule has 0 aliphatic rings. The normalized spacial score (nSPS) is 11.4. The second kappa shape index (κ2) is 12.4. The van der Waals surface area contributed by atoms with Gasteiger partial charge in [-0.2, -0.15) is 0 Å². The molecule has 0 aliphatic carbocycles. The first-order valence-electron chi connectivity index (χ1n) is 12.2. The van der Waals surface area contributed by atoms with Crippen molar-refractivity contribution in [3.63, 3.8) is 0 Å². The van der Waals surface area contributed by atoms with Crippen LogP contribution in [0.5, 0.6) is 5.75 Å². The number of fused-ring (bicyclic) bond motifs is 1. The maximum absolute atomic E-state index is 13.6. The lowest BCUT2D eigenvalue weighted by molar-refractivity contribution is -0.132. The van der Waals surface area contributed by atoms with Crippen LogP contribution >= 0.6 is 0 Å². The lowest BCUT2D eigenvalue weighted by Gasteiger charge is -2.30. The van der Waals surface area contributed by atoms with E-state index in [1.807, 2.05) is 69.4 Å². The maximum Gasteiger partial charge on any atom is 0.318 e. The van der Waals surface area contributed by atoms with Gasteiger partial charge in [0.15, 0.2) is 0 Å². The number of amides is 3. The number of carbonyl (C=O) groups excluding carboxylic acids is 2. The van der Waals surface area contributed by atoms with Gasteiger partial charge in [0.05, 0.1) is 13.7 Å². The molecule has 36 heavy (non-hydrogen) atoms. The average molecular weight is 495 g/mol. The first-order chi connectivity index (χ1) is 17.2. The molecule has 0 saturated heterocycles. The minimum atomic E-state index is -0.419. The van der Waals surface area contributed by atoms with Crippen LogP contribution in [-0.4, -0.2) is 72.7 Å². The summed E-state index contributed by atoms with van der Waals surface area (Å²) < 4.78 is 10.7. The van der Waals surface area contributed by atoms with Crippen molar-refractivity contribution in [3.05, 3.63) is 65.9 Å². The fourth-order valence-electron chi connectivity index (χ4n) is 4.04. The second-order valence-corrected chi connectivity index (χ2v) is 9.83. The number of para-hydroxylation sites is 2. The van der Waals surface area contributed by atoms with Gasteiger partial charge in [-0.05, 0) is 44.9 Å². The molecule has 2 aromatic carbocycles. The Labute approximate surface area is 213 Å². The number of methoxy groups -OCH3 is 2. The summed E-state index contributed by atoms with van der Waals surface area (Å²) in [6.07, 6.45) is 2.68. The topological polar surface area (TPSA) is 86.9 Å². The molecule has 0 saturated carbocycles. The molecule has 3 rings (SSSR count). The third-order valence-electron chi connectivity index (χ3n) is 5.89. The van der Waals surface area contributed by atoms with E-state index in [-0.39, 0.29) is 18.5 Å². The van der Waals surface area contributed by atoms with Crippen LogP contribution in [0.2, 0.25) is 0 Å².